The van der Waals surface area contributed by atoms with Crippen molar-refractivity contribution in [2.75, 3.05) is 44.4 Å². The number of aliphatic hydroxyl groups excluding tert-OH is 2. The van der Waals surface area contributed by atoms with Crippen LogP contribution < -0.4 is 30.6 Å². The molecule has 2 amide bonds. The number of ether oxygens (including phenoxy) is 3. The van der Waals surface area contributed by atoms with Gasteiger partial charge >= 0.3 is 6.01 Å². The number of nitrogens with zero attached hydrogens (tertiary/aromatic N) is 10. The number of hydrogen-bond acceptors (Lipinski definition) is 17. The van der Waals surface area contributed by atoms with Crippen molar-refractivity contribution in [2.45, 2.75) is 115 Å². The number of aryl methyl sites for hydroxylation is 1. The number of rotatable bonds is 17. The summed E-state index contributed by atoms with van der Waals surface area (Å²) in [5, 5.41) is 47.5. The Hall–Kier alpha value is -9.26. The summed E-state index contributed by atoms with van der Waals surface area (Å²) >= 11 is 0. The fourth-order valence-electron chi connectivity index (χ4n) is 13.7. The third kappa shape index (κ3) is 9.46. The van der Waals surface area contributed by atoms with Crippen LogP contribution in [0.25, 0.3) is 77.1 Å². The minimum atomic E-state index is -1.11. The van der Waals surface area contributed by atoms with Crippen LogP contribution in [0.4, 0.5) is 10.2 Å². The molecule has 0 unspecified atom stereocenters. The van der Waals surface area contributed by atoms with Crippen molar-refractivity contribution in [3.05, 3.63) is 124 Å². The van der Waals surface area contributed by atoms with Gasteiger partial charge in [0, 0.05) is 106 Å². The monoisotopic (exact) mass is 1190 g/mol. The third-order valence-corrected chi connectivity index (χ3v) is 18.2. The fraction of sp³-hybridized carbons (Fsp3) is 0.391. The van der Waals surface area contributed by atoms with Crippen LogP contribution in [0, 0.1) is 18.7 Å². The molecule has 0 spiro atoms. The molecule has 5 atom stereocenters. The van der Waals surface area contributed by atoms with Crippen molar-refractivity contribution in [2.24, 2.45) is 5.92 Å². The molecule has 15 rings (SSSR count). The van der Waals surface area contributed by atoms with Crippen LogP contribution >= 0.6 is 0 Å². The standard InChI is InChI=1S/C64H65FN14O9/c1-5-78-50(12-15-69-78)41-11-10-40(54-58(41)87-30-67-54)49(28-80)71-61(82)51-20-37(81)26-77(51)63(84)57(31(2)3)79-27-45-39-9-6-33(18-47(39)70-62(83)56(45)75-79)29-86-59-53(52-32(4)46(65)22-48-44(52)24-68-74-48)42(34-7-8-34)21-43-55(59)72-64(88-38-13-16-85-17-14-38)73-60(43)76-25-35-19-36(76)23-66-35/h6,9-12,15,18-19,21-22,24,27,30-31,34,36-38,49,51,57,66,80-81H,5,7-8,13-14,16-17,20,23,25-26,28-29H2,1-4H3,(H,68,74)(H,70,83)(H,71,82)/t36-,37+,49-,51-,57-/m0/s1. The van der Waals surface area contributed by atoms with Crippen LogP contribution in [0.5, 0.6) is 11.8 Å². The highest BCUT2D eigenvalue weighted by molar-refractivity contribution is 6.07. The van der Waals surface area contributed by atoms with E-state index in [-0.39, 0.29) is 49.2 Å². The Morgan fingerprint density at radius 3 is 2.59 bits per heavy atom. The van der Waals surface area contributed by atoms with E-state index in [1.807, 2.05) is 55.8 Å². The lowest BCUT2D eigenvalue weighted by molar-refractivity contribution is -0.142. The largest absolute Gasteiger partial charge is 0.486 e. The van der Waals surface area contributed by atoms with Crippen LogP contribution in [0.1, 0.15) is 93.1 Å². The number of halogens is 1. The second-order valence-corrected chi connectivity index (χ2v) is 24.1. The number of pyridine rings is 1. The highest BCUT2D eigenvalue weighted by Gasteiger charge is 2.44. The topological polar surface area (TPSA) is 282 Å². The van der Waals surface area contributed by atoms with Crippen molar-refractivity contribution in [1.29, 1.82) is 0 Å². The van der Waals surface area contributed by atoms with E-state index in [2.05, 4.69) is 52.9 Å². The van der Waals surface area contributed by atoms with Crippen molar-refractivity contribution >= 4 is 72.3 Å². The molecule has 1 aliphatic carbocycles. The van der Waals surface area contributed by atoms with E-state index in [1.54, 1.807) is 31.6 Å². The average Bonchev–Trinajstić information content (AvgIpc) is 1.43. The first-order chi connectivity index (χ1) is 42.8. The van der Waals surface area contributed by atoms with Crippen molar-refractivity contribution < 1.29 is 42.8 Å². The average molecular weight is 1190 g/mol. The van der Waals surface area contributed by atoms with E-state index in [9.17, 15) is 24.6 Å². The van der Waals surface area contributed by atoms with Gasteiger partial charge in [-0.2, -0.15) is 25.3 Å². The number of hydrogen-bond donors (Lipinski definition) is 6. The van der Waals surface area contributed by atoms with E-state index < -0.39 is 59.9 Å². The number of aliphatic hydroxyl groups is 2. The summed E-state index contributed by atoms with van der Waals surface area (Å²) in [5.41, 5.74) is 8.80. The Bertz CT molecular complexity index is 4540. The van der Waals surface area contributed by atoms with Crippen LogP contribution in [0.15, 0.2) is 94.5 Å². The van der Waals surface area contributed by atoms with E-state index in [1.165, 1.54) is 22.0 Å². The van der Waals surface area contributed by atoms with Gasteiger partial charge in [0.15, 0.2) is 23.2 Å². The summed E-state index contributed by atoms with van der Waals surface area (Å²) in [6.07, 6.45) is 10.7. The molecule has 10 aromatic rings. The maximum atomic E-state index is 16.3. The molecule has 0 radical (unpaired) electrons. The number of benzene rings is 4. The van der Waals surface area contributed by atoms with Crippen LogP contribution in [0.3, 0.4) is 0 Å². The number of likely N-dealkylation sites (tertiary alicyclic amines) is 1. The molecule has 2 bridgehead atoms. The maximum Gasteiger partial charge on any atom is 0.319 e. The summed E-state index contributed by atoms with van der Waals surface area (Å²) in [6, 6.07) is 12.0. The second kappa shape index (κ2) is 21.9. The van der Waals surface area contributed by atoms with Gasteiger partial charge < -0.3 is 54.3 Å². The van der Waals surface area contributed by atoms with E-state index in [0.717, 1.165) is 64.1 Å². The number of amides is 2. The number of β-amino-alcohol motifs (C(OH)–C–C–N with tert-alkyl or cyclic N) is 1. The van der Waals surface area contributed by atoms with Gasteiger partial charge in [0.1, 0.15) is 47.5 Å². The van der Waals surface area contributed by atoms with Crippen LogP contribution in [-0.4, -0.2) is 140 Å². The second-order valence-electron chi connectivity index (χ2n) is 24.1. The van der Waals surface area contributed by atoms with E-state index >= 15 is 4.39 Å². The zero-order chi connectivity index (χ0) is 60.2. The normalized spacial score (nSPS) is 19.5. The molecule has 88 heavy (non-hydrogen) atoms. The van der Waals surface area contributed by atoms with Gasteiger partial charge in [-0.25, -0.2) is 9.37 Å². The number of piperazine rings is 1. The van der Waals surface area contributed by atoms with Crippen LogP contribution in [0.2, 0.25) is 0 Å². The van der Waals surface area contributed by atoms with Gasteiger partial charge in [-0.1, -0.05) is 32.0 Å². The molecule has 452 valence electrons. The number of fused-ring (bicyclic) bond motifs is 7. The first-order valence-electron chi connectivity index (χ1n) is 30.2. The number of anilines is 1. The molecule has 24 heteroatoms. The summed E-state index contributed by atoms with van der Waals surface area (Å²) in [6.45, 7) is 9.98. The quantitative estimate of drug-likeness (QED) is 0.0513. The smallest absolute Gasteiger partial charge is 0.319 e. The number of H-pyrrole nitrogens is 2. The first-order valence-corrected chi connectivity index (χ1v) is 30.2. The Kier molecular flexibility index (Phi) is 13.7. The molecule has 23 nitrogen and oxygen atoms in total. The summed E-state index contributed by atoms with van der Waals surface area (Å²) in [7, 11) is 0. The zero-order valence-corrected chi connectivity index (χ0v) is 48.9. The number of nitrogens with one attached hydrogen (secondary N) is 4. The summed E-state index contributed by atoms with van der Waals surface area (Å²) < 4.78 is 44.9. The molecule has 6 N–H and O–H groups in total. The molecule has 3 fully saturated rings. The fourth-order valence-corrected chi connectivity index (χ4v) is 13.7. The SMILES string of the molecule is CCn1nccc1-c1ccc([C@H](CO)NC(=O)[C@@H]2C[C@@H](O)CN2C(=O)[C@H](C(C)C)n2cc3c(n2)c(=O)[nH]c2cc(COc4c(-c5c(C)c(F)cc6[nH]ncc56)c(C5CC5)cc5c(N6CC7=C[C@H]6CN7)nc(OC6CCOCC6)nc45)ccc23)c2ncoc12. The van der Waals surface area contributed by atoms with Gasteiger partial charge in [0.2, 0.25) is 11.8 Å². The lowest BCUT2D eigenvalue weighted by atomic mass is 9.88. The molecule has 4 aliphatic heterocycles. The third-order valence-electron chi connectivity index (χ3n) is 18.2. The summed E-state index contributed by atoms with van der Waals surface area (Å²) in [4.78, 5) is 65.1. The summed E-state index contributed by atoms with van der Waals surface area (Å²) in [5.74, 6) is -0.506. The number of aromatic amines is 2. The number of oxazole rings is 1. The predicted molar refractivity (Wildman–Crippen MR) is 324 cm³/mol. The number of carbonyl (C=O) groups excluding carboxylic acids is 2. The minimum Gasteiger partial charge on any atom is -0.486 e. The Morgan fingerprint density at radius 2 is 1.82 bits per heavy atom. The zero-order valence-electron chi connectivity index (χ0n) is 48.9. The first kappa shape index (κ1) is 55.3. The minimum absolute atomic E-state index is 0.00819. The molecule has 4 aromatic carbocycles. The highest BCUT2D eigenvalue weighted by atomic mass is 19.1. The van der Waals surface area contributed by atoms with Gasteiger partial charge in [-0.15, -0.1) is 0 Å². The van der Waals surface area contributed by atoms with Gasteiger partial charge in [0.05, 0.1) is 62.0 Å². The lowest BCUT2D eigenvalue weighted by Gasteiger charge is -2.31. The van der Waals surface area contributed by atoms with Crippen molar-refractivity contribution in [3.8, 4) is 34.1 Å². The van der Waals surface area contributed by atoms with Gasteiger partial charge in [-0.3, -0.25) is 28.8 Å². The van der Waals surface area contributed by atoms with E-state index in [4.69, 9.17) is 33.7 Å². The molecule has 6 aromatic heterocycles. The predicted octanol–water partition coefficient (Wildman–Crippen LogP) is 7.54. The van der Waals surface area contributed by atoms with Crippen molar-refractivity contribution in [3.63, 3.8) is 0 Å². The molecular weight excluding hydrogens is 1130 g/mol. The van der Waals surface area contributed by atoms with Crippen LogP contribution in [-0.2, 0) is 27.5 Å². The molecule has 2 saturated heterocycles. The Labute approximate surface area is 501 Å². The number of carbonyl (C=O) groups is 2. The highest BCUT2D eigenvalue weighted by Crippen LogP contribution is 2.54. The Balaban J connectivity index is 0.758. The van der Waals surface area contributed by atoms with E-state index in [0.29, 0.717) is 106 Å². The lowest BCUT2D eigenvalue weighted by Crippen LogP contribution is -2.50. The molecule has 1 saturated carbocycles. The molecule has 5 aliphatic rings. The molecular formula is C64H65FN14O9. The number of aromatic nitrogens is 10. The van der Waals surface area contributed by atoms with Crippen molar-refractivity contribution in [1.82, 2.24) is 65.2 Å². The Morgan fingerprint density at radius 1 is 0.966 bits per heavy atom. The maximum absolute atomic E-state index is 16.3. The van der Waals surface area contributed by atoms with Gasteiger partial charge in [-0.05, 0) is 91.6 Å². The molecule has 10 heterocycles. The van der Waals surface area contributed by atoms with Gasteiger partial charge in [0.25, 0.3) is 5.56 Å².